The minimum Gasteiger partial charge on any atom is -0.458 e. The number of hydrogen-bond acceptors (Lipinski definition) is 4. The maximum Gasteiger partial charge on any atom is 0.415 e. The normalized spacial score (nSPS) is 13.2. The number of anilines is 1. The summed E-state index contributed by atoms with van der Waals surface area (Å²) in [5.74, 6) is -0.412. The van der Waals surface area contributed by atoms with Crippen LogP contribution in [0.1, 0.15) is 23.2 Å². The second kappa shape index (κ2) is 5.77. The highest BCUT2D eigenvalue weighted by Gasteiger charge is 2.44. The van der Waals surface area contributed by atoms with E-state index >= 15 is 0 Å². The molecule has 0 aliphatic heterocycles. The quantitative estimate of drug-likeness (QED) is 0.703. The minimum atomic E-state index is -4.62. The van der Waals surface area contributed by atoms with Crippen molar-refractivity contribution in [3.63, 3.8) is 0 Å². The summed E-state index contributed by atoms with van der Waals surface area (Å²) in [6.45, 7) is 3.09. The predicted octanol–water partition coefficient (Wildman–Crippen LogP) is 4.69. The molecule has 0 saturated carbocycles. The summed E-state index contributed by atoms with van der Waals surface area (Å²) in [5.41, 5.74) is 0.529. The van der Waals surface area contributed by atoms with Crippen LogP contribution in [0, 0.1) is 19.7 Å². The van der Waals surface area contributed by atoms with Gasteiger partial charge in [0, 0.05) is 10.9 Å². The summed E-state index contributed by atoms with van der Waals surface area (Å²) in [4.78, 5) is 7.73. The van der Waals surface area contributed by atoms with Crippen molar-refractivity contribution < 1.29 is 22.0 Å². The fourth-order valence-corrected chi connectivity index (χ4v) is 2.42. The number of alkyl halides is 3. The average molecular weight is 339 g/mol. The standard InChI is InChI=1S/C16H13F4N3O/c1-8-12-5-10(17)3-4-13(12)24-14(8)15(16(18,19)20)23-11-6-21-9(2)22-7-11/h3-7,15,23H,1-2H3. The first-order chi connectivity index (χ1) is 11.3. The number of benzene rings is 1. The van der Waals surface area contributed by atoms with Gasteiger partial charge in [0.15, 0.2) is 6.04 Å². The summed E-state index contributed by atoms with van der Waals surface area (Å²) < 4.78 is 59.3. The third-order valence-electron chi connectivity index (χ3n) is 3.62. The number of halogens is 4. The van der Waals surface area contributed by atoms with Gasteiger partial charge >= 0.3 is 6.18 Å². The lowest BCUT2D eigenvalue weighted by molar-refractivity contribution is -0.147. The van der Waals surface area contributed by atoms with Crippen LogP contribution >= 0.6 is 0 Å². The second-order valence-electron chi connectivity index (χ2n) is 5.37. The molecule has 0 radical (unpaired) electrons. The Labute approximate surface area is 134 Å². The molecular formula is C16H13F4N3O. The van der Waals surface area contributed by atoms with Gasteiger partial charge in [-0.25, -0.2) is 14.4 Å². The topological polar surface area (TPSA) is 51.0 Å². The number of nitrogens with zero attached hydrogens (tertiary/aromatic N) is 2. The van der Waals surface area contributed by atoms with Crippen LogP contribution in [-0.2, 0) is 0 Å². The number of aryl methyl sites for hydroxylation is 2. The Morgan fingerprint density at radius 1 is 1.12 bits per heavy atom. The number of nitrogens with one attached hydrogen (secondary N) is 1. The molecule has 126 valence electrons. The van der Waals surface area contributed by atoms with Crippen molar-refractivity contribution in [3.05, 3.63) is 53.6 Å². The Balaban J connectivity index is 2.06. The molecule has 0 spiro atoms. The van der Waals surface area contributed by atoms with E-state index in [1.165, 1.54) is 25.4 Å². The molecular weight excluding hydrogens is 326 g/mol. The van der Waals surface area contributed by atoms with Crippen molar-refractivity contribution in [1.29, 1.82) is 0 Å². The smallest absolute Gasteiger partial charge is 0.415 e. The minimum absolute atomic E-state index is 0.106. The van der Waals surface area contributed by atoms with Gasteiger partial charge in [-0.15, -0.1) is 0 Å². The lowest BCUT2D eigenvalue weighted by Crippen LogP contribution is -2.28. The first kappa shape index (κ1) is 16.2. The molecule has 1 N–H and O–H groups in total. The molecule has 8 heteroatoms. The highest BCUT2D eigenvalue weighted by atomic mass is 19.4. The number of aromatic nitrogens is 2. The Morgan fingerprint density at radius 2 is 1.79 bits per heavy atom. The first-order valence-corrected chi connectivity index (χ1v) is 7.06. The van der Waals surface area contributed by atoms with E-state index in [0.717, 1.165) is 12.1 Å². The maximum absolute atomic E-state index is 13.5. The number of rotatable bonds is 3. The zero-order chi connectivity index (χ0) is 17.5. The van der Waals surface area contributed by atoms with Crippen molar-refractivity contribution in [3.8, 4) is 0 Å². The van der Waals surface area contributed by atoms with Gasteiger partial charge in [-0.1, -0.05) is 0 Å². The molecule has 0 fully saturated rings. The van der Waals surface area contributed by atoms with Crippen LogP contribution in [0.15, 0.2) is 35.0 Å². The van der Waals surface area contributed by atoms with E-state index in [2.05, 4.69) is 15.3 Å². The van der Waals surface area contributed by atoms with Gasteiger partial charge in [0.05, 0.1) is 18.1 Å². The van der Waals surface area contributed by atoms with Crippen molar-refractivity contribution in [2.75, 3.05) is 5.32 Å². The molecule has 0 aliphatic rings. The average Bonchev–Trinajstić information content (AvgIpc) is 2.82. The monoisotopic (exact) mass is 339 g/mol. The zero-order valence-electron chi connectivity index (χ0n) is 12.8. The van der Waals surface area contributed by atoms with E-state index < -0.39 is 18.0 Å². The third kappa shape index (κ3) is 3.04. The molecule has 0 bridgehead atoms. The van der Waals surface area contributed by atoms with Crippen LogP contribution in [0.2, 0.25) is 0 Å². The van der Waals surface area contributed by atoms with Crippen molar-refractivity contribution >= 4 is 16.7 Å². The molecule has 24 heavy (non-hydrogen) atoms. The Bertz CT molecular complexity index is 871. The van der Waals surface area contributed by atoms with Gasteiger partial charge in [-0.2, -0.15) is 13.2 Å². The predicted molar refractivity (Wildman–Crippen MR) is 80.1 cm³/mol. The van der Waals surface area contributed by atoms with Crippen LogP contribution in [0.5, 0.6) is 0 Å². The second-order valence-corrected chi connectivity index (χ2v) is 5.37. The SMILES string of the molecule is Cc1ncc(NC(c2oc3ccc(F)cc3c2C)C(F)(F)F)cn1. The third-order valence-corrected chi connectivity index (χ3v) is 3.62. The summed E-state index contributed by atoms with van der Waals surface area (Å²) in [5, 5.41) is 2.65. The number of hydrogen-bond donors (Lipinski definition) is 1. The first-order valence-electron chi connectivity index (χ1n) is 7.06. The molecule has 3 aromatic rings. The molecule has 1 aromatic carbocycles. The Morgan fingerprint density at radius 3 is 2.42 bits per heavy atom. The zero-order valence-corrected chi connectivity index (χ0v) is 12.8. The summed E-state index contributed by atoms with van der Waals surface area (Å²) in [6.07, 6.45) is -2.10. The van der Waals surface area contributed by atoms with Crippen LogP contribution in [0.4, 0.5) is 23.2 Å². The molecule has 0 aliphatic carbocycles. The number of furan rings is 1. The molecule has 0 amide bonds. The van der Waals surface area contributed by atoms with Crippen LogP contribution in [0.3, 0.4) is 0 Å². The maximum atomic E-state index is 13.5. The van der Waals surface area contributed by atoms with E-state index in [-0.39, 0.29) is 22.6 Å². The van der Waals surface area contributed by atoms with Crippen LogP contribution in [0.25, 0.3) is 11.0 Å². The molecule has 4 nitrogen and oxygen atoms in total. The lowest BCUT2D eigenvalue weighted by atomic mass is 10.1. The Hall–Kier alpha value is -2.64. The van der Waals surface area contributed by atoms with Gasteiger partial charge in [-0.3, -0.25) is 0 Å². The highest BCUT2D eigenvalue weighted by molar-refractivity contribution is 5.82. The van der Waals surface area contributed by atoms with Crippen LogP contribution in [-0.4, -0.2) is 16.1 Å². The van der Waals surface area contributed by atoms with E-state index in [4.69, 9.17) is 4.42 Å². The summed E-state index contributed by atoms with van der Waals surface area (Å²) in [7, 11) is 0. The number of fused-ring (bicyclic) bond motifs is 1. The molecule has 2 heterocycles. The van der Waals surface area contributed by atoms with Gasteiger partial charge in [0.25, 0.3) is 0 Å². The van der Waals surface area contributed by atoms with Crippen molar-refractivity contribution in [1.82, 2.24) is 9.97 Å². The van der Waals surface area contributed by atoms with Crippen molar-refractivity contribution in [2.45, 2.75) is 26.1 Å². The van der Waals surface area contributed by atoms with E-state index in [9.17, 15) is 17.6 Å². The van der Waals surface area contributed by atoms with E-state index in [1.807, 2.05) is 0 Å². The fourth-order valence-electron chi connectivity index (χ4n) is 2.42. The Kier molecular flexibility index (Phi) is 3.90. The van der Waals surface area contributed by atoms with Gasteiger partial charge in [0.2, 0.25) is 0 Å². The summed E-state index contributed by atoms with van der Waals surface area (Å²) >= 11 is 0. The van der Waals surface area contributed by atoms with Gasteiger partial charge in [0.1, 0.15) is 23.0 Å². The molecule has 2 aromatic heterocycles. The van der Waals surface area contributed by atoms with Gasteiger partial charge in [-0.05, 0) is 32.0 Å². The summed E-state index contributed by atoms with van der Waals surface area (Å²) in [6, 6.07) is 1.50. The lowest BCUT2D eigenvalue weighted by Gasteiger charge is -2.21. The molecule has 0 saturated heterocycles. The highest BCUT2D eigenvalue weighted by Crippen LogP contribution is 2.40. The molecule has 3 rings (SSSR count). The molecule has 1 unspecified atom stereocenters. The van der Waals surface area contributed by atoms with Crippen LogP contribution < -0.4 is 5.32 Å². The largest absolute Gasteiger partial charge is 0.458 e. The molecule has 1 atom stereocenters. The van der Waals surface area contributed by atoms with E-state index in [1.54, 1.807) is 6.92 Å². The van der Waals surface area contributed by atoms with E-state index in [0.29, 0.717) is 11.2 Å². The fraction of sp³-hybridized carbons (Fsp3) is 0.250. The van der Waals surface area contributed by atoms with Crippen molar-refractivity contribution in [2.24, 2.45) is 0 Å². The van der Waals surface area contributed by atoms with Gasteiger partial charge < -0.3 is 9.73 Å².